The van der Waals surface area contributed by atoms with Gasteiger partial charge in [-0.2, -0.15) is 0 Å². The summed E-state index contributed by atoms with van der Waals surface area (Å²) in [6, 6.07) is 18.1. The van der Waals surface area contributed by atoms with Crippen molar-refractivity contribution in [3.05, 3.63) is 81.2 Å². The zero-order chi connectivity index (χ0) is 18.7. The van der Waals surface area contributed by atoms with Crippen molar-refractivity contribution in [3.63, 3.8) is 0 Å². The molecule has 0 atom stereocenters. The SMILES string of the molecule is Cc1ccc(Cl)c(Cc2ccc(-c3ccc(C([O-])=NC(C)C)cc3)s2)c1. The van der Waals surface area contributed by atoms with Gasteiger partial charge in [-0.1, -0.05) is 53.6 Å². The number of aliphatic imine (C=N–C) groups is 1. The fourth-order valence-electron chi connectivity index (χ4n) is 2.74. The maximum atomic E-state index is 12.0. The van der Waals surface area contributed by atoms with Crippen molar-refractivity contribution < 1.29 is 5.11 Å². The van der Waals surface area contributed by atoms with Crippen LogP contribution >= 0.6 is 22.9 Å². The van der Waals surface area contributed by atoms with Crippen LogP contribution in [-0.4, -0.2) is 11.9 Å². The van der Waals surface area contributed by atoms with E-state index < -0.39 is 0 Å². The molecule has 134 valence electrons. The average molecular weight is 383 g/mol. The Bertz CT molecular complexity index is 926. The van der Waals surface area contributed by atoms with Crippen LogP contribution in [0.1, 0.15) is 35.4 Å². The summed E-state index contributed by atoms with van der Waals surface area (Å²) in [5.74, 6) is -0.160. The molecule has 3 aromatic rings. The highest BCUT2D eigenvalue weighted by atomic mass is 35.5. The van der Waals surface area contributed by atoms with Crippen LogP contribution in [0.25, 0.3) is 10.4 Å². The highest BCUT2D eigenvalue weighted by Gasteiger charge is 2.07. The van der Waals surface area contributed by atoms with E-state index in [1.165, 1.54) is 15.3 Å². The molecule has 0 aliphatic carbocycles. The minimum atomic E-state index is -0.160. The Morgan fingerprint density at radius 1 is 1.08 bits per heavy atom. The van der Waals surface area contributed by atoms with Crippen LogP contribution in [0.2, 0.25) is 5.02 Å². The molecule has 0 fully saturated rings. The smallest absolute Gasteiger partial charge is 0.0441 e. The fraction of sp³-hybridized carbons (Fsp3) is 0.227. The zero-order valence-corrected chi connectivity index (χ0v) is 16.7. The maximum absolute atomic E-state index is 12.0. The number of thiophene rings is 1. The Labute approximate surface area is 163 Å². The van der Waals surface area contributed by atoms with E-state index in [0.29, 0.717) is 5.56 Å². The first-order chi connectivity index (χ1) is 12.4. The summed E-state index contributed by atoms with van der Waals surface area (Å²) in [7, 11) is 0. The Balaban J connectivity index is 1.78. The van der Waals surface area contributed by atoms with Crippen molar-refractivity contribution in [2.24, 2.45) is 4.99 Å². The highest BCUT2D eigenvalue weighted by molar-refractivity contribution is 7.15. The normalized spacial score (nSPS) is 12.0. The molecule has 0 spiro atoms. The van der Waals surface area contributed by atoms with Crippen LogP contribution in [-0.2, 0) is 6.42 Å². The van der Waals surface area contributed by atoms with E-state index in [2.05, 4.69) is 30.1 Å². The van der Waals surface area contributed by atoms with Crippen molar-refractivity contribution in [3.8, 4) is 10.4 Å². The van der Waals surface area contributed by atoms with Crippen molar-refractivity contribution in [1.29, 1.82) is 0 Å². The molecule has 0 amide bonds. The molecule has 0 bridgehead atoms. The van der Waals surface area contributed by atoms with E-state index >= 15 is 0 Å². The van der Waals surface area contributed by atoms with Crippen molar-refractivity contribution >= 4 is 28.8 Å². The minimum absolute atomic E-state index is 0.00970. The number of hydrogen-bond acceptors (Lipinski definition) is 3. The minimum Gasteiger partial charge on any atom is -0.858 e. The Hall–Kier alpha value is -2.10. The van der Waals surface area contributed by atoms with E-state index in [9.17, 15) is 5.11 Å². The van der Waals surface area contributed by atoms with Crippen LogP contribution in [0.5, 0.6) is 0 Å². The van der Waals surface area contributed by atoms with Gasteiger partial charge in [0.25, 0.3) is 0 Å². The standard InChI is InChI=1S/C22H22ClNOS/c1-14(2)24-22(25)17-7-5-16(6-8-17)21-11-9-19(26-21)13-18-12-15(3)4-10-20(18)23/h4-12,14H,13H2,1-3H3,(H,24,25)/p-1. The summed E-state index contributed by atoms with van der Waals surface area (Å²) in [4.78, 5) is 6.52. The summed E-state index contributed by atoms with van der Waals surface area (Å²) in [6.45, 7) is 5.88. The van der Waals surface area contributed by atoms with Gasteiger partial charge in [0.1, 0.15) is 0 Å². The molecular formula is C22H21ClNOS-. The molecule has 3 rings (SSSR count). The largest absolute Gasteiger partial charge is 0.858 e. The highest BCUT2D eigenvalue weighted by Crippen LogP contribution is 2.31. The second-order valence-electron chi connectivity index (χ2n) is 6.64. The number of benzene rings is 2. The Kier molecular flexibility index (Phi) is 5.80. The first-order valence-electron chi connectivity index (χ1n) is 8.62. The molecule has 0 aliphatic rings. The van der Waals surface area contributed by atoms with Gasteiger partial charge >= 0.3 is 0 Å². The molecule has 1 aromatic heterocycles. The molecule has 2 nitrogen and oxygen atoms in total. The summed E-state index contributed by atoms with van der Waals surface area (Å²) in [5.41, 5.74) is 4.10. The molecule has 0 saturated carbocycles. The monoisotopic (exact) mass is 382 g/mol. The number of hydrogen-bond donors (Lipinski definition) is 0. The van der Waals surface area contributed by atoms with Crippen molar-refractivity contribution in [1.82, 2.24) is 0 Å². The first kappa shape index (κ1) is 18.7. The van der Waals surface area contributed by atoms with Gasteiger partial charge in [-0.05, 0) is 61.6 Å². The summed E-state index contributed by atoms with van der Waals surface area (Å²) in [6.07, 6.45) is 0.828. The zero-order valence-electron chi connectivity index (χ0n) is 15.1. The summed E-state index contributed by atoms with van der Waals surface area (Å²) >= 11 is 8.07. The summed E-state index contributed by atoms with van der Waals surface area (Å²) < 4.78 is 0. The van der Waals surface area contributed by atoms with Gasteiger partial charge in [0.05, 0.1) is 0 Å². The quantitative estimate of drug-likeness (QED) is 0.425. The predicted molar refractivity (Wildman–Crippen MR) is 110 cm³/mol. The van der Waals surface area contributed by atoms with Crippen LogP contribution in [0, 0.1) is 6.92 Å². The lowest BCUT2D eigenvalue weighted by Gasteiger charge is -2.12. The van der Waals surface area contributed by atoms with Crippen molar-refractivity contribution in [2.45, 2.75) is 33.2 Å². The number of aryl methyl sites for hydroxylation is 1. The van der Waals surface area contributed by atoms with Crippen LogP contribution in [0.3, 0.4) is 0 Å². The third-order valence-corrected chi connectivity index (χ3v) is 5.52. The van der Waals surface area contributed by atoms with Gasteiger partial charge in [-0.25, -0.2) is 0 Å². The van der Waals surface area contributed by atoms with Gasteiger partial charge in [0, 0.05) is 27.2 Å². The number of rotatable bonds is 5. The fourth-order valence-corrected chi connectivity index (χ4v) is 3.96. The molecular weight excluding hydrogens is 362 g/mol. The van der Waals surface area contributed by atoms with E-state index in [1.54, 1.807) is 11.3 Å². The van der Waals surface area contributed by atoms with Crippen LogP contribution in [0.4, 0.5) is 0 Å². The first-order valence-corrected chi connectivity index (χ1v) is 9.81. The van der Waals surface area contributed by atoms with Crippen LogP contribution < -0.4 is 5.11 Å². The number of halogens is 1. The second kappa shape index (κ2) is 8.07. The lowest BCUT2D eigenvalue weighted by atomic mass is 10.1. The van der Waals surface area contributed by atoms with Gasteiger partial charge in [-0.3, -0.25) is 4.99 Å². The molecule has 4 heteroatoms. The molecule has 1 heterocycles. The lowest BCUT2D eigenvalue weighted by Crippen LogP contribution is -2.20. The Morgan fingerprint density at radius 3 is 2.50 bits per heavy atom. The van der Waals surface area contributed by atoms with E-state index in [1.807, 2.05) is 50.2 Å². The Morgan fingerprint density at radius 2 is 1.81 bits per heavy atom. The molecule has 2 aromatic carbocycles. The molecule has 0 radical (unpaired) electrons. The second-order valence-corrected chi connectivity index (χ2v) is 8.22. The van der Waals surface area contributed by atoms with Gasteiger partial charge in [0.2, 0.25) is 0 Å². The van der Waals surface area contributed by atoms with Gasteiger partial charge < -0.3 is 5.11 Å². The predicted octanol–water partition coefficient (Wildman–Crippen LogP) is 5.48. The van der Waals surface area contributed by atoms with Gasteiger partial charge in [0.15, 0.2) is 0 Å². The van der Waals surface area contributed by atoms with Gasteiger partial charge in [-0.15, -0.1) is 11.3 Å². The lowest BCUT2D eigenvalue weighted by molar-refractivity contribution is -0.213. The molecule has 0 unspecified atom stereocenters. The van der Waals surface area contributed by atoms with E-state index in [-0.39, 0.29) is 11.9 Å². The van der Waals surface area contributed by atoms with E-state index in [0.717, 1.165) is 22.6 Å². The third-order valence-electron chi connectivity index (χ3n) is 4.02. The summed E-state index contributed by atoms with van der Waals surface area (Å²) in [5, 5.41) is 12.8. The van der Waals surface area contributed by atoms with Crippen LogP contribution in [0.15, 0.2) is 59.6 Å². The molecule has 26 heavy (non-hydrogen) atoms. The maximum Gasteiger partial charge on any atom is 0.0441 e. The van der Waals surface area contributed by atoms with E-state index in [4.69, 9.17) is 11.6 Å². The van der Waals surface area contributed by atoms with Crippen molar-refractivity contribution in [2.75, 3.05) is 0 Å². The third kappa shape index (κ3) is 4.54. The topological polar surface area (TPSA) is 35.4 Å². The average Bonchev–Trinajstić information content (AvgIpc) is 3.06. The number of nitrogens with zero attached hydrogens (tertiary/aromatic N) is 1. The molecule has 0 N–H and O–H groups in total. The molecule has 0 saturated heterocycles. The molecule has 0 aliphatic heterocycles.